The van der Waals surface area contributed by atoms with E-state index in [9.17, 15) is 5.11 Å². The molecule has 2 rings (SSSR count). The zero-order valence-electron chi connectivity index (χ0n) is 12.3. The molecule has 0 bridgehead atoms. The molecule has 108 valence electrons. The van der Waals surface area contributed by atoms with Gasteiger partial charge >= 0.3 is 0 Å². The Bertz CT molecular complexity index is 563. The molecule has 2 aromatic rings. The third kappa shape index (κ3) is 4.13. The van der Waals surface area contributed by atoms with Gasteiger partial charge in [-0.2, -0.15) is 0 Å². The number of aliphatic hydroxyl groups excluding tert-OH is 1. The number of aliphatic hydroxyl groups is 1. The molecule has 0 saturated heterocycles. The molecule has 0 amide bonds. The fourth-order valence-corrected chi connectivity index (χ4v) is 2.95. The molecule has 0 aliphatic heterocycles. The molecule has 20 heavy (non-hydrogen) atoms. The minimum atomic E-state index is -0.294. The molecule has 2 N–H and O–H groups in total. The van der Waals surface area contributed by atoms with E-state index >= 15 is 0 Å². The highest BCUT2D eigenvalue weighted by Gasteiger charge is 2.07. The van der Waals surface area contributed by atoms with E-state index in [1.807, 2.05) is 0 Å². The monoisotopic (exact) mass is 290 g/mol. The lowest BCUT2D eigenvalue weighted by atomic mass is 10.0. The van der Waals surface area contributed by atoms with Crippen molar-refractivity contribution in [1.82, 2.24) is 10.3 Å². The van der Waals surface area contributed by atoms with Crippen LogP contribution in [0.25, 0.3) is 11.3 Å². The van der Waals surface area contributed by atoms with Gasteiger partial charge in [-0.05, 0) is 26.3 Å². The van der Waals surface area contributed by atoms with Crippen molar-refractivity contribution < 1.29 is 5.11 Å². The van der Waals surface area contributed by atoms with E-state index in [0.29, 0.717) is 6.54 Å². The van der Waals surface area contributed by atoms with Crippen LogP contribution in [0, 0.1) is 13.8 Å². The van der Waals surface area contributed by atoms with Gasteiger partial charge in [0.25, 0.3) is 0 Å². The predicted octanol–water partition coefficient (Wildman–Crippen LogP) is 2.94. The maximum Gasteiger partial charge on any atom is 0.0945 e. The van der Waals surface area contributed by atoms with Gasteiger partial charge in [-0.1, -0.05) is 23.8 Å². The van der Waals surface area contributed by atoms with Crippen LogP contribution in [0.5, 0.6) is 0 Å². The normalized spacial score (nSPS) is 12.6. The third-order valence-corrected chi connectivity index (χ3v) is 4.07. The summed E-state index contributed by atoms with van der Waals surface area (Å²) in [4.78, 5) is 4.70. The summed E-state index contributed by atoms with van der Waals surface area (Å²) in [6, 6.07) is 6.47. The summed E-state index contributed by atoms with van der Waals surface area (Å²) in [5, 5.41) is 15.7. The number of nitrogens with one attached hydrogen (secondary N) is 1. The predicted molar refractivity (Wildman–Crippen MR) is 85.3 cm³/mol. The van der Waals surface area contributed by atoms with Crippen molar-refractivity contribution in [3.63, 3.8) is 0 Å². The molecule has 0 saturated carbocycles. The van der Waals surface area contributed by atoms with E-state index in [1.165, 1.54) is 16.7 Å². The van der Waals surface area contributed by atoms with Crippen LogP contribution < -0.4 is 5.32 Å². The lowest BCUT2D eigenvalue weighted by molar-refractivity contribution is 0.191. The first-order chi connectivity index (χ1) is 9.56. The highest BCUT2D eigenvalue weighted by molar-refractivity contribution is 7.09. The first kappa shape index (κ1) is 15.2. The molecule has 0 aliphatic rings. The first-order valence-electron chi connectivity index (χ1n) is 6.97. The van der Waals surface area contributed by atoms with E-state index < -0.39 is 0 Å². The van der Waals surface area contributed by atoms with E-state index in [4.69, 9.17) is 4.98 Å². The van der Waals surface area contributed by atoms with Crippen LogP contribution in [-0.2, 0) is 6.42 Å². The van der Waals surface area contributed by atoms with Gasteiger partial charge < -0.3 is 10.4 Å². The van der Waals surface area contributed by atoms with Crippen molar-refractivity contribution in [1.29, 1.82) is 0 Å². The molecule has 1 heterocycles. The molecule has 4 heteroatoms. The Morgan fingerprint density at radius 2 is 2.15 bits per heavy atom. The summed E-state index contributed by atoms with van der Waals surface area (Å²) in [5.74, 6) is 0. The maximum atomic E-state index is 9.18. The maximum absolute atomic E-state index is 9.18. The smallest absolute Gasteiger partial charge is 0.0945 e. The van der Waals surface area contributed by atoms with Crippen LogP contribution in [0.15, 0.2) is 23.6 Å². The average Bonchev–Trinajstić information content (AvgIpc) is 2.83. The molecule has 1 aromatic carbocycles. The second kappa shape index (κ2) is 6.97. The second-order valence-corrected chi connectivity index (χ2v) is 6.19. The highest BCUT2D eigenvalue weighted by atomic mass is 32.1. The fraction of sp³-hybridized carbons (Fsp3) is 0.438. The zero-order chi connectivity index (χ0) is 14.5. The van der Waals surface area contributed by atoms with Crippen LogP contribution in [0.4, 0.5) is 0 Å². The number of benzene rings is 1. The van der Waals surface area contributed by atoms with Gasteiger partial charge in [-0.3, -0.25) is 0 Å². The van der Waals surface area contributed by atoms with E-state index in [2.05, 4.69) is 42.7 Å². The SMILES string of the molecule is Cc1ccc(-c2csc(CCNCC(C)O)n2)c(C)c1. The van der Waals surface area contributed by atoms with Crippen LogP contribution >= 0.6 is 11.3 Å². The Balaban J connectivity index is 1.98. The topological polar surface area (TPSA) is 45.1 Å². The van der Waals surface area contributed by atoms with Gasteiger partial charge in [0.05, 0.1) is 16.8 Å². The van der Waals surface area contributed by atoms with Crippen molar-refractivity contribution in [3.05, 3.63) is 39.7 Å². The number of thiazole rings is 1. The number of rotatable bonds is 6. The van der Waals surface area contributed by atoms with Gasteiger partial charge in [-0.25, -0.2) is 4.98 Å². The van der Waals surface area contributed by atoms with Crippen LogP contribution in [-0.4, -0.2) is 29.3 Å². The second-order valence-electron chi connectivity index (χ2n) is 5.25. The van der Waals surface area contributed by atoms with Gasteiger partial charge in [0.15, 0.2) is 0 Å². The van der Waals surface area contributed by atoms with Crippen molar-refractivity contribution in [2.24, 2.45) is 0 Å². The largest absolute Gasteiger partial charge is 0.392 e. The molecular formula is C16H22N2OS. The van der Waals surface area contributed by atoms with Crippen LogP contribution in [0.1, 0.15) is 23.1 Å². The first-order valence-corrected chi connectivity index (χ1v) is 7.85. The van der Waals surface area contributed by atoms with Crippen molar-refractivity contribution in [2.45, 2.75) is 33.3 Å². The third-order valence-electron chi connectivity index (χ3n) is 3.16. The number of hydrogen-bond acceptors (Lipinski definition) is 4. The molecule has 3 nitrogen and oxygen atoms in total. The Morgan fingerprint density at radius 3 is 2.85 bits per heavy atom. The van der Waals surface area contributed by atoms with Crippen LogP contribution in [0.3, 0.4) is 0 Å². The minimum absolute atomic E-state index is 0.294. The standard InChI is InChI=1S/C16H22N2OS/c1-11-4-5-14(12(2)8-11)15-10-20-16(18-15)6-7-17-9-13(3)19/h4-5,8,10,13,17,19H,6-7,9H2,1-3H3. The van der Waals surface area contributed by atoms with Crippen molar-refractivity contribution in [3.8, 4) is 11.3 Å². The molecule has 0 radical (unpaired) electrons. The summed E-state index contributed by atoms with van der Waals surface area (Å²) >= 11 is 1.70. The molecule has 1 atom stereocenters. The lowest BCUT2D eigenvalue weighted by Gasteiger charge is -2.05. The van der Waals surface area contributed by atoms with Gasteiger partial charge in [0, 0.05) is 30.5 Å². The molecule has 0 spiro atoms. The van der Waals surface area contributed by atoms with E-state index in [-0.39, 0.29) is 6.10 Å². The number of aryl methyl sites for hydroxylation is 2. The summed E-state index contributed by atoms with van der Waals surface area (Å²) in [5.41, 5.74) is 4.84. The molecule has 0 aliphatic carbocycles. The number of aromatic nitrogens is 1. The van der Waals surface area contributed by atoms with Crippen molar-refractivity contribution >= 4 is 11.3 Å². The Labute approximate surface area is 124 Å². The van der Waals surface area contributed by atoms with Crippen molar-refractivity contribution in [2.75, 3.05) is 13.1 Å². The molecule has 1 unspecified atom stereocenters. The van der Waals surface area contributed by atoms with E-state index in [0.717, 1.165) is 23.7 Å². The summed E-state index contributed by atoms with van der Waals surface area (Å²) in [7, 11) is 0. The summed E-state index contributed by atoms with van der Waals surface area (Å²) in [6.07, 6.45) is 0.611. The summed E-state index contributed by atoms with van der Waals surface area (Å²) < 4.78 is 0. The van der Waals surface area contributed by atoms with Gasteiger partial charge in [-0.15, -0.1) is 11.3 Å². The quantitative estimate of drug-likeness (QED) is 0.804. The number of hydrogen-bond donors (Lipinski definition) is 2. The van der Waals surface area contributed by atoms with Crippen LogP contribution in [0.2, 0.25) is 0 Å². The van der Waals surface area contributed by atoms with Gasteiger partial charge in [0.2, 0.25) is 0 Å². The lowest BCUT2D eigenvalue weighted by Crippen LogP contribution is -2.26. The summed E-state index contributed by atoms with van der Waals surface area (Å²) in [6.45, 7) is 7.51. The van der Waals surface area contributed by atoms with E-state index in [1.54, 1.807) is 18.3 Å². The Morgan fingerprint density at radius 1 is 1.35 bits per heavy atom. The zero-order valence-corrected chi connectivity index (χ0v) is 13.1. The van der Waals surface area contributed by atoms with Gasteiger partial charge in [0.1, 0.15) is 0 Å². The molecule has 0 fully saturated rings. The fourth-order valence-electron chi connectivity index (χ4n) is 2.16. The average molecular weight is 290 g/mol. The molecular weight excluding hydrogens is 268 g/mol. The number of nitrogens with zero attached hydrogens (tertiary/aromatic N) is 1. The molecule has 1 aromatic heterocycles. The Hall–Kier alpha value is -1.23. The Kier molecular flexibility index (Phi) is 5.29. The minimum Gasteiger partial charge on any atom is -0.392 e. The highest BCUT2D eigenvalue weighted by Crippen LogP contribution is 2.25.